The molecule has 2 rings (SSSR count). The fraction of sp³-hybridized carbons (Fsp3) is 0.643. The summed E-state index contributed by atoms with van der Waals surface area (Å²) < 4.78 is 0. The monoisotopic (exact) mass is 328 g/mol. The summed E-state index contributed by atoms with van der Waals surface area (Å²) in [6.45, 7) is 4.79. The smallest absolute Gasteiger partial charge is 0.308 e. The number of hydrogen-bond acceptors (Lipinski definition) is 5. The van der Waals surface area contributed by atoms with Crippen LogP contribution in [-0.4, -0.2) is 45.7 Å². The van der Waals surface area contributed by atoms with Gasteiger partial charge in [-0.3, -0.25) is 9.59 Å². The zero-order valence-corrected chi connectivity index (χ0v) is 13.9. The van der Waals surface area contributed by atoms with Gasteiger partial charge in [-0.15, -0.1) is 11.3 Å². The number of aryl methyl sites for hydroxylation is 1. The summed E-state index contributed by atoms with van der Waals surface area (Å²) in [7, 11) is 0. The van der Waals surface area contributed by atoms with E-state index in [1.165, 1.54) is 0 Å². The SMILES string of the molecule is Cc1nc(CSCCC(=O)N2CC(C)C(C(=O)O)C2)cs1. The largest absolute Gasteiger partial charge is 0.481 e. The number of likely N-dealkylation sites (tertiary alicyclic amines) is 1. The molecule has 0 bridgehead atoms. The molecule has 0 aromatic carbocycles. The van der Waals surface area contributed by atoms with Crippen molar-refractivity contribution in [3.05, 3.63) is 16.1 Å². The van der Waals surface area contributed by atoms with Crippen molar-refractivity contribution in [2.45, 2.75) is 26.0 Å². The van der Waals surface area contributed by atoms with Crippen molar-refractivity contribution in [2.24, 2.45) is 11.8 Å². The second-order valence-electron chi connectivity index (χ2n) is 5.38. The van der Waals surface area contributed by atoms with Crippen LogP contribution in [0.5, 0.6) is 0 Å². The first-order valence-electron chi connectivity index (χ1n) is 6.96. The molecule has 7 heteroatoms. The van der Waals surface area contributed by atoms with Gasteiger partial charge in [-0.2, -0.15) is 11.8 Å². The van der Waals surface area contributed by atoms with E-state index in [0.29, 0.717) is 19.5 Å². The van der Waals surface area contributed by atoms with Gasteiger partial charge >= 0.3 is 5.97 Å². The van der Waals surface area contributed by atoms with Crippen molar-refractivity contribution in [2.75, 3.05) is 18.8 Å². The number of amides is 1. The minimum Gasteiger partial charge on any atom is -0.481 e. The molecule has 2 unspecified atom stereocenters. The number of carboxylic acids is 1. The molecular formula is C14H20N2O3S2. The molecule has 1 saturated heterocycles. The summed E-state index contributed by atoms with van der Waals surface area (Å²) in [4.78, 5) is 29.2. The molecule has 0 radical (unpaired) electrons. The molecule has 116 valence electrons. The number of hydrogen-bond donors (Lipinski definition) is 1. The van der Waals surface area contributed by atoms with E-state index in [1.54, 1.807) is 28.0 Å². The van der Waals surface area contributed by atoms with Gasteiger partial charge in [0.25, 0.3) is 0 Å². The molecule has 1 fully saturated rings. The Hall–Kier alpha value is -1.08. The van der Waals surface area contributed by atoms with Gasteiger partial charge in [-0.25, -0.2) is 4.98 Å². The Morgan fingerprint density at radius 1 is 1.52 bits per heavy atom. The molecule has 1 aromatic rings. The lowest BCUT2D eigenvalue weighted by molar-refractivity contribution is -0.142. The van der Waals surface area contributed by atoms with Gasteiger partial charge in [-0.1, -0.05) is 6.92 Å². The van der Waals surface area contributed by atoms with E-state index >= 15 is 0 Å². The minimum absolute atomic E-state index is 0.0390. The van der Waals surface area contributed by atoms with Crippen molar-refractivity contribution in [3.63, 3.8) is 0 Å². The Labute approximate surface area is 132 Å². The van der Waals surface area contributed by atoms with E-state index in [1.807, 2.05) is 19.2 Å². The highest BCUT2D eigenvalue weighted by Crippen LogP contribution is 2.24. The average molecular weight is 328 g/mol. The first kappa shape index (κ1) is 16.3. The normalized spacial score (nSPS) is 21.7. The number of carbonyl (C=O) groups excluding carboxylic acids is 1. The molecule has 1 amide bonds. The molecular weight excluding hydrogens is 308 g/mol. The number of aromatic nitrogens is 1. The lowest BCUT2D eigenvalue weighted by Gasteiger charge is -2.15. The summed E-state index contributed by atoms with van der Waals surface area (Å²) in [5.74, 6) is 0.458. The van der Waals surface area contributed by atoms with Gasteiger partial charge in [0.15, 0.2) is 0 Å². The first-order valence-corrected chi connectivity index (χ1v) is 9.00. The molecule has 21 heavy (non-hydrogen) atoms. The Bertz CT molecular complexity index is 518. The maximum atomic E-state index is 12.1. The van der Waals surface area contributed by atoms with Gasteiger partial charge in [0, 0.05) is 36.4 Å². The summed E-state index contributed by atoms with van der Waals surface area (Å²) in [5, 5.41) is 12.2. The maximum Gasteiger partial charge on any atom is 0.308 e. The lowest BCUT2D eigenvalue weighted by Crippen LogP contribution is -2.30. The minimum atomic E-state index is -0.800. The first-order chi connectivity index (χ1) is 9.97. The third kappa shape index (κ3) is 4.44. The Kier molecular flexibility index (Phi) is 5.64. The topological polar surface area (TPSA) is 70.5 Å². The van der Waals surface area contributed by atoms with Crippen LogP contribution in [0.15, 0.2) is 5.38 Å². The second kappa shape index (κ2) is 7.26. The van der Waals surface area contributed by atoms with Crippen LogP contribution < -0.4 is 0 Å². The van der Waals surface area contributed by atoms with E-state index in [0.717, 1.165) is 22.2 Å². The molecule has 1 aromatic heterocycles. The van der Waals surface area contributed by atoms with Gasteiger partial charge in [0.05, 0.1) is 16.6 Å². The van der Waals surface area contributed by atoms with Crippen LogP contribution in [0.2, 0.25) is 0 Å². The zero-order chi connectivity index (χ0) is 15.4. The van der Waals surface area contributed by atoms with Gasteiger partial charge in [0.2, 0.25) is 5.91 Å². The van der Waals surface area contributed by atoms with Crippen molar-refractivity contribution >= 4 is 35.0 Å². The van der Waals surface area contributed by atoms with Crippen LogP contribution in [0.4, 0.5) is 0 Å². The Morgan fingerprint density at radius 2 is 2.29 bits per heavy atom. The summed E-state index contributed by atoms with van der Waals surface area (Å²) in [6, 6.07) is 0. The molecule has 2 heterocycles. The molecule has 0 spiro atoms. The van der Waals surface area contributed by atoms with Crippen LogP contribution in [0.25, 0.3) is 0 Å². The van der Waals surface area contributed by atoms with Crippen molar-refractivity contribution < 1.29 is 14.7 Å². The van der Waals surface area contributed by atoms with Crippen molar-refractivity contribution in [3.8, 4) is 0 Å². The van der Waals surface area contributed by atoms with Crippen LogP contribution in [0.1, 0.15) is 24.0 Å². The second-order valence-corrected chi connectivity index (χ2v) is 7.55. The van der Waals surface area contributed by atoms with Crippen molar-refractivity contribution in [1.82, 2.24) is 9.88 Å². The average Bonchev–Trinajstić information content (AvgIpc) is 3.00. The maximum absolute atomic E-state index is 12.1. The van der Waals surface area contributed by atoms with Crippen molar-refractivity contribution in [1.29, 1.82) is 0 Å². The highest BCUT2D eigenvalue weighted by Gasteiger charge is 2.36. The molecule has 2 atom stereocenters. The molecule has 0 aliphatic carbocycles. The highest BCUT2D eigenvalue weighted by molar-refractivity contribution is 7.98. The molecule has 5 nitrogen and oxygen atoms in total. The third-order valence-corrected chi connectivity index (χ3v) is 5.47. The third-order valence-electron chi connectivity index (χ3n) is 3.66. The summed E-state index contributed by atoms with van der Waals surface area (Å²) in [6.07, 6.45) is 0.465. The number of carbonyl (C=O) groups is 2. The summed E-state index contributed by atoms with van der Waals surface area (Å²) >= 11 is 3.33. The van der Waals surface area contributed by atoms with E-state index < -0.39 is 11.9 Å². The number of nitrogens with zero attached hydrogens (tertiary/aromatic N) is 2. The summed E-state index contributed by atoms with van der Waals surface area (Å²) in [5.41, 5.74) is 1.07. The highest BCUT2D eigenvalue weighted by atomic mass is 32.2. The fourth-order valence-corrected chi connectivity index (χ4v) is 4.00. The van der Waals surface area contributed by atoms with E-state index in [2.05, 4.69) is 4.98 Å². The number of thiazole rings is 1. The van der Waals surface area contributed by atoms with Gasteiger partial charge in [0.1, 0.15) is 0 Å². The molecule has 0 saturated carbocycles. The molecule has 1 N–H and O–H groups in total. The van der Waals surface area contributed by atoms with Gasteiger partial charge < -0.3 is 10.0 Å². The Balaban J connectivity index is 1.69. The Morgan fingerprint density at radius 3 is 2.86 bits per heavy atom. The number of carboxylic acid groups (broad SMARTS) is 1. The zero-order valence-electron chi connectivity index (χ0n) is 12.2. The van der Waals surface area contributed by atoms with Gasteiger partial charge in [-0.05, 0) is 12.8 Å². The quantitative estimate of drug-likeness (QED) is 0.811. The molecule has 1 aliphatic heterocycles. The van der Waals surface area contributed by atoms with Crippen LogP contribution in [0.3, 0.4) is 0 Å². The molecule has 1 aliphatic rings. The van der Waals surface area contributed by atoms with E-state index in [4.69, 9.17) is 5.11 Å². The number of thioether (sulfide) groups is 1. The lowest BCUT2D eigenvalue weighted by atomic mass is 9.99. The number of rotatable bonds is 6. The predicted octanol–water partition coefficient (Wildman–Crippen LogP) is 2.25. The predicted molar refractivity (Wildman–Crippen MR) is 84.5 cm³/mol. The standard InChI is InChI=1S/C14H20N2O3S2/c1-9-5-16(6-12(9)14(18)19)13(17)3-4-20-7-11-8-21-10(2)15-11/h8-9,12H,3-7H2,1-2H3,(H,18,19). The van der Waals surface area contributed by atoms with E-state index in [9.17, 15) is 9.59 Å². The number of aliphatic carboxylic acids is 1. The van der Waals surface area contributed by atoms with Crippen LogP contribution in [0, 0.1) is 18.8 Å². The van der Waals surface area contributed by atoms with Crippen LogP contribution in [-0.2, 0) is 15.3 Å². The fourth-order valence-electron chi connectivity index (χ4n) is 2.46. The van der Waals surface area contributed by atoms with E-state index in [-0.39, 0.29) is 11.8 Å². The van der Waals surface area contributed by atoms with Crippen LogP contribution >= 0.6 is 23.1 Å².